The van der Waals surface area contributed by atoms with Crippen molar-refractivity contribution in [2.24, 2.45) is 242 Å². The van der Waals surface area contributed by atoms with Gasteiger partial charge in [-0.2, -0.15) is 0 Å². The summed E-state index contributed by atoms with van der Waals surface area (Å²) in [6.45, 7) is 39.7. The van der Waals surface area contributed by atoms with Crippen molar-refractivity contribution in [2.75, 3.05) is 13.2 Å². The highest BCUT2D eigenvalue weighted by molar-refractivity contribution is 5.77. The Hall–Kier alpha value is -3.22. The number of hydrogen-bond acceptors (Lipinski definition) is 13. The molecule has 39 unspecified atom stereocenters. The first-order chi connectivity index (χ1) is 53.6. The number of hydrogen-bond donors (Lipinski definition) is 0. The number of esters is 6. The van der Waals surface area contributed by atoms with E-state index >= 15 is 0 Å². The molecule has 39 atom stereocenters. The van der Waals surface area contributed by atoms with E-state index < -0.39 is 5.60 Å². The van der Waals surface area contributed by atoms with E-state index in [9.17, 15) is 28.8 Å². The summed E-state index contributed by atoms with van der Waals surface area (Å²) >= 11 is 0. The molecule has 0 aromatic carbocycles. The number of rotatable bonds is 10. The van der Waals surface area contributed by atoms with E-state index in [4.69, 9.17) is 33.2 Å². The maximum absolute atomic E-state index is 13.2. The summed E-state index contributed by atoms with van der Waals surface area (Å²) in [7, 11) is 0. The van der Waals surface area contributed by atoms with Gasteiger partial charge >= 0.3 is 35.8 Å². The maximum Gasteiger partial charge on any atom is 0.311 e. The third-order valence-electron chi connectivity index (χ3n) is 41.3. The molecular weight excluding hydrogens is 1410 g/mol. The highest BCUT2D eigenvalue weighted by atomic mass is 16.7. The second-order valence-corrected chi connectivity index (χ2v) is 47.6. The third-order valence-corrected chi connectivity index (χ3v) is 41.3. The molecule has 0 N–H and O–H groups in total. The SMILES string of the molecule is CC1C(C)C2CC1C1C3CC(C(=O)OC(C)(C)C)C(C3)C21.CC1C(C)C2CC1C1C3CC(C(=O)OC4(C)CCCCC4)C(C3)C21.CC1C(C)C2CC1C1C3CC(C(=O)OC4CCCCO4)C(C3)C21.CC1C2CC(C(=O)OC(C)(C)C34CC5CC(CC(C5)C3)C4)C(C2)C1C.CC1C2CC(C(=O)OC3(C)CCOC(=O)C3)C(C2)C1C. The number of ether oxygens (including phenoxy) is 7. The van der Waals surface area contributed by atoms with Gasteiger partial charge in [-0.15, -0.1) is 0 Å². The Balaban J connectivity index is 0.0000000986. The lowest BCUT2D eigenvalue weighted by Crippen LogP contribution is -2.57. The number of fused-ring (bicyclic) bond motifs is 31. The molecular formula is C100H154O13. The van der Waals surface area contributed by atoms with Gasteiger partial charge in [0.05, 0.1) is 49.2 Å². The zero-order valence-electron chi connectivity index (χ0n) is 73.4. The van der Waals surface area contributed by atoms with Gasteiger partial charge in [0.15, 0.2) is 0 Å². The van der Waals surface area contributed by atoms with Gasteiger partial charge in [0.25, 0.3) is 0 Å². The van der Waals surface area contributed by atoms with Crippen LogP contribution in [0.1, 0.15) is 304 Å². The molecule has 2 aliphatic heterocycles. The lowest BCUT2D eigenvalue weighted by molar-refractivity contribution is -0.204. The summed E-state index contributed by atoms with van der Waals surface area (Å²) in [5.74, 6) is 29.7. The lowest BCUT2D eigenvalue weighted by atomic mass is 9.46. The van der Waals surface area contributed by atoms with Crippen LogP contribution in [0.4, 0.5) is 0 Å². The number of cyclic esters (lactones) is 1. The summed E-state index contributed by atoms with van der Waals surface area (Å²) < 4.78 is 40.3. The molecule has 632 valence electrons. The highest BCUT2D eigenvalue weighted by Crippen LogP contribution is 2.75. The van der Waals surface area contributed by atoms with Gasteiger partial charge in [0.2, 0.25) is 6.29 Å². The van der Waals surface area contributed by atoms with E-state index in [0.29, 0.717) is 60.4 Å². The Morgan fingerprint density at radius 1 is 0.354 bits per heavy atom. The fourth-order valence-corrected chi connectivity index (χ4v) is 35.6. The van der Waals surface area contributed by atoms with Crippen LogP contribution in [0, 0.1) is 242 Å². The van der Waals surface area contributed by atoms with Gasteiger partial charge in [0, 0.05) is 18.3 Å². The van der Waals surface area contributed by atoms with Crippen LogP contribution in [0.15, 0.2) is 0 Å². The van der Waals surface area contributed by atoms with Crippen molar-refractivity contribution >= 4 is 35.8 Å². The summed E-state index contributed by atoms with van der Waals surface area (Å²) in [6, 6.07) is 0. The summed E-state index contributed by atoms with van der Waals surface area (Å²) in [4.78, 5) is 75.4. The Labute approximate surface area is 682 Å². The van der Waals surface area contributed by atoms with Crippen LogP contribution in [0.3, 0.4) is 0 Å². The molecule has 0 spiro atoms. The molecule has 23 rings (SSSR count). The van der Waals surface area contributed by atoms with Crippen molar-refractivity contribution in [3.63, 3.8) is 0 Å². The molecule has 2 saturated heterocycles. The molecule has 113 heavy (non-hydrogen) atoms. The van der Waals surface area contributed by atoms with Gasteiger partial charge in [0.1, 0.15) is 22.4 Å². The number of carbonyl (C=O) groups excluding carboxylic acids is 6. The average Bonchev–Trinajstić information content (AvgIpc) is 1.69. The molecule has 23 aliphatic rings. The van der Waals surface area contributed by atoms with Crippen LogP contribution >= 0.6 is 0 Å². The molecule has 21 saturated carbocycles. The molecule has 13 heteroatoms. The second-order valence-electron chi connectivity index (χ2n) is 47.6. The Kier molecular flexibility index (Phi) is 21.3. The lowest BCUT2D eigenvalue weighted by Gasteiger charge is -2.61. The van der Waals surface area contributed by atoms with E-state index in [1.165, 1.54) is 109 Å². The summed E-state index contributed by atoms with van der Waals surface area (Å²) in [6.07, 6.45) is 34.0. The fourth-order valence-electron chi connectivity index (χ4n) is 35.6. The van der Waals surface area contributed by atoms with Crippen molar-refractivity contribution in [3.05, 3.63) is 0 Å². The van der Waals surface area contributed by atoms with Crippen LogP contribution in [-0.4, -0.2) is 77.7 Å². The van der Waals surface area contributed by atoms with Crippen molar-refractivity contribution in [2.45, 2.75) is 333 Å². The first-order valence-corrected chi connectivity index (χ1v) is 48.5. The molecule has 21 aliphatic carbocycles. The summed E-state index contributed by atoms with van der Waals surface area (Å²) in [5.41, 5.74) is -1.17. The van der Waals surface area contributed by atoms with Crippen molar-refractivity contribution in [3.8, 4) is 0 Å². The van der Waals surface area contributed by atoms with Crippen LogP contribution in [0.25, 0.3) is 0 Å². The van der Waals surface area contributed by atoms with Crippen LogP contribution in [0.2, 0.25) is 0 Å². The van der Waals surface area contributed by atoms with Gasteiger partial charge < -0.3 is 33.2 Å². The molecule has 2 heterocycles. The van der Waals surface area contributed by atoms with Gasteiger partial charge in [-0.25, -0.2) is 0 Å². The molecule has 0 amide bonds. The zero-order chi connectivity index (χ0) is 79.5. The van der Waals surface area contributed by atoms with E-state index in [2.05, 4.69) is 90.0 Å². The van der Waals surface area contributed by atoms with Crippen LogP contribution < -0.4 is 0 Å². The van der Waals surface area contributed by atoms with E-state index in [1.54, 1.807) is 0 Å². The maximum atomic E-state index is 13.2. The minimum Gasteiger partial charge on any atom is -0.465 e. The topological polar surface area (TPSA) is 167 Å². The molecule has 13 nitrogen and oxygen atoms in total. The van der Waals surface area contributed by atoms with E-state index in [0.717, 1.165) is 231 Å². The largest absolute Gasteiger partial charge is 0.465 e. The number of carbonyl (C=O) groups is 6. The molecule has 0 aromatic rings. The molecule has 0 radical (unpaired) electrons. The molecule has 0 aromatic heterocycles. The van der Waals surface area contributed by atoms with Gasteiger partial charge in [-0.3, -0.25) is 28.8 Å². The van der Waals surface area contributed by atoms with Crippen molar-refractivity contribution in [1.29, 1.82) is 0 Å². The monoisotopic (exact) mass is 1560 g/mol. The van der Waals surface area contributed by atoms with Crippen molar-refractivity contribution in [1.82, 2.24) is 0 Å². The summed E-state index contributed by atoms with van der Waals surface area (Å²) in [5, 5.41) is 0. The van der Waals surface area contributed by atoms with Crippen LogP contribution in [0.5, 0.6) is 0 Å². The smallest absolute Gasteiger partial charge is 0.311 e. The standard InChI is InChI=1S/C23H36O2.C22H34O2.C20H30O3.C19H30O2.C16H24O4/c1-13-14(2)19-8-18(13)9-20(19)21(24)25-22(3,4)23-10-15-5-16(11-23)7-17(6-15)12-23;1-12-13(2)16-11-15(12)19-14-9-17(20(16)19)18(10-14)21(23)24-22(3)7-5-4-6-8-22;1-10-11(2)14-9-13(10)18-12-7-15(19(14)18)16(8-12)20(21)23-17-5-3-4-6-22-17;1-9-10(2)13-8-12(9)16-11-6-14(17(13)16)15(7-11)18(20)21-19(3,4)5;1-9-10(2)12-6-11(9)7-13(12)15(18)20-16(3)4-5-19-14(17)8-16/h13-20H,5-12H2,1-4H3;12-20H,4-11H2,1-3H3;10-19H,3-9H2,1-2H3;9-17H,6-8H2,1-5H3;9-13H,4-8H2,1-3H3. The molecule has 23 fully saturated rings. The average molecular weight is 1560 g/mol. The van der Waals surface area contributed by atoms with Gasteiger partial charge in [-0.05, 0) is 416 Å². The Morgan fingerprint density at radius 2 is 0.726 bits per heavy atom. The minimum atomic E-state index is -0.664. The van der Waals surface area contributed by atoms with E-state index in [1.807, 2.05) is 27.7 Å². The fraction of sp³-hybridized carbons (Fsp3) is 0.940. The van der Waals surface area contributed by atoms with Crippen molar-refractivity contribution < 1.29 is 61.9 Å². The zero-order valence-corrected chi connectivity index (χ0v) is 73.4. The normalized spacial score (nSPS) is 53.2. The third kappa shape index (κ3) is 13.9. The van der Waals surface area contributed by atoms with Crippen LogP contribution in [-0.2, 0) is 61.9 Å². The first-order valence-electron chi connectivity index (χ1n) is 48.5. The second kappa shape index (κ2) is 29.8. The highest BCUT2D eigenvalue weighted by Gasteiger charge is 2.71. The predicted octanol–water partition coefficient (Wildman–Crippen LogP) is 21.1. The van der Waals surface area contributed by atoms with E-state index in [-0.39, 0.29) is 100 Å². The minimum absolute atomic E-state index is 0.0426. The molecule has 20 bridgehead atoms. The predicted molar refractivity (Wildman–Crippen MR) is 434 cm³/mol. The Bertz CT molecular complexity index is 3520. The quantitative estimate of drug-likeness (QED) is 0.115. The first kappa shape index (κ1) is 80.8. The Morgan fingerprint density at radius 3 is 1.13 bits per heavy atom. The van der Waals surface area contributed by atoms with Gasteiger partial charge in [-0.1, -0.05) is 75.7 Å².